The molecular formula is C21H29N3O3S. The lowest BCUT2D eigenvalue weighted by Gasteiger charge is -2.34. The molecule has 1 saturated heterocycles. The van der Waals surface area contributed by atoms with Crippen LogP contribution in [0.4, 0.5) is 5.13 Å². The van der Waals surface area contributed by atoms with Crippen molar-refractivity contribution in [2.45, 2.75) is 52.4 Å². The van der Waals surface area contributed by atoms with Crippen LogP contribution in [-0.2, 0) is 16.1 Å². The van der Waals surface area contributed by atoms with E-state index in [2.05, 4.69) is 29.0 Å². The number of aryl methyl sites for hydroxylation is 1. The summed E-state index contributed by atoms with van der Waals surface area (Å²) in [7, 11) is 0. The van der Waals surface area contributed by atoms with Gasteiger partial charge in [-0.15, -0.1) is 11.3 Å². The van der Waals surface area contributed by atoms with Gasteiger partial charge in [0.25, 0.3) is 0 Å². The van der Waals surface area contributed by atoms with Gasteiger partial charge in [0.1, 0.15) is 5.75 Å². The Bertz CT molecular complexity index is 770. The van der Waals surface area contributed by atoms with Crippen molar-refractivity contribution in [3.8, 4) is 5.75 Å². The zero-order valence-electron chi connectivity index (χ0n) is 16.8. The normalized spacial score (nSPS) is 20.1. The van der Waals surface area contributed by atoms with E-state index in [4.69, 9.17) is 9.47 Å². The van der Waals surface area contributed by atoms with Crippen LogP contribution in [0.5, 0.6) is 5.75 Å². The average Bonchev–Trinajstić information content (AvgIpc) is 3.06. The van der Waals surface area contributed by atoms with Crippen LogP contribution in [0, 0.1) is 6.92 Å². The maximum atomic E-state index is 12.1. The van der Waals surface area contributed by atoms with Crippen molar-refractivity contribution >= 4 is 22.4 Å². The van der Waals surface area contributed by atoms with Gasteiger partial charge in [0.15, 0.2) is 5.13 Å². The van der Waals surface area contributed by atoms with Crippen molar-refractivity contribution < 1.29 is 14.3 Å². The van der Waals surface area contributed by atoms with Crippen molar-refractivity contribution in [3.05, 3.63) is 40.9 Å². The highest BCUT2D eigenvalue weighted by Crippen LogP contribution is 2.20. The summed E-state index contributed by atoms with van der Waals surface area (Å²) in [4.78, 5) is 19.1. The molecule has 2 atom stereocenters. The first-order valence-corrected chi connectivity index (χ1v) is 10.7. The van der Waals surface area contributed by atoms with Crippen molar-refractivity contribution in [1.29, 1.82) is 0 Å². The summed E-state index contributed by atoms with van der Waals surface area (Å²) in [5.74, 6) is 0.849. The van der Waals surface area contributed by atoms with Crippen LogP contribution in [0.3, 0.4) is 0 Å². The summed E-state index contributed by atoms with van der Waals surface area (Å²) in [6.45, 7) is 9.33. The van der Waals surface area contributed by atoms with Gasteiger partial charge in [0.05, 0.1) is 24.5 Å². The largest absolute Gasteiger partial charge is 0.493 e. The number of ether oxygens (including phenoxy) is 2. The highest BCUT2D eigenvalue weighted by Gasteiger charge is 2.22. The summed E-state index contributed by atoms with van der Waals surface area (Å²) >= 11 is 1.47. The van der Waals surface area contributed by atoms with Gasteiger partial charge < -0.3 is 14.8 Å². The van der Waals surface area contributed by atoms with Crippen molar-refractivity contribution in [2.75, 3.05) is 25.0 Å². The van der Waals surface area contributed by atoms with Crippen LogP contribution < -0.4 is 10.1 Å². The topological polar surface area (TPSA) is 63.7 Å². The van der Waals surface area contributed by atoms with E-state index >= 15 is 0 Å². The number of rotatable bonds is 8. The van der Waals surface area contributed by atoms with E-state index in [9.17, 15) is 4.79 Å². The number of anilines is 1. The number of thiazole rings is 1. The first-order chi connectivity index (χ1) is 13.5. The average molecular weight is 404 g/mol. The second-order valence-electron chi connectivity index (χ2n) is 7.36. The van der Waals surface area contributed by atoms with Crippen molar-refractivity contribution in [2.24, 2.45) is 0 Å². The second-order valence-corrected chi connectivity index (χ2v) is 8.22. The van der Waals surface area contributed by atoms with Crippen LogP contribution in [0.2, 0.25) is 0 Å². The van der Waals surface area contributed by atoms with Gasteiger partial charge in [0, 0.05) is 31.4 Å². The Morgan fingerprint density at radius 2 is 2.07 bits per heavy atom. The number of aromatic nitrogens is 1. The number of hydrogen-bond acceptors (Lipinski definition) is 6. The molecule has 1 N–H and O–H groups in total. The van der Waals surface area contributed by atoms with Gasteiger partial charge in [0.2, 0.25) is 5.91 Å². The molecule has 28 heavy (non-hydrogen) atoms. The molecule has 1 aliphatic heterocycles. The molecule has 1 aromatic heterocycles. The summed E-state index contributed by atoms with van der Waals surface area (Å²) in [5, 5.41) is 5.57. The zero-order chi connectivity index (χ0) is 19.9. The zero-order valence-corrected chi connectivity index (χ0v) is 17.6. The number of morpholine rings is 1. The van der Waals surface area contributed by atoms with Crippen molar-refractivity contribution in [3.63, 3.8) is 0 Å². The van der Waals surface area contributed by atoms with E-state index < -0.39 is 0 Å². The Kier molecular flexibility index (Phi) is 7.42. The van der Waals surface area contributed by atoms with E-state index in [1.54, 1.807) is 0 Å². The monoisotopic (exact) mass is 403 g/mol. The summed E-state index contributed by atoms with van der Waals surface area (Å²) in [6.07, 6.45) is 1.56. The summed E-state index contributed by atoms with van der Waals surface area (Å²) in [6, 6.07) is 7.90. The highest BCUT2D eigenvalue weighted by molar-refractivity contribution is 7.13. The molecule has 2 heterocycles. The Balaban J connectivity index is 1.38. The number of carbonyl (C=O) groups excluding carboxylic acids is 1. The number of carbonyl (C=O) groups is 1. The highest BCUT2D eigenvalue weighted by atomic mass is 32.1. The maximum Gasteiger partial charge on any atom is 0.226 e. The van der Waals surface area contributed by atoms with Crippen LogP contribution in [-0.4, -0.2) is 47.7 Å². The number of benzene rings is 1. The van der Waals surface area contributed by atoms with Gasteiger partial charge >= 0.3 is 0 Å². The van der Waals surface area contributed by atoms with E-state index in [-0.39, 0.29) is 18.1 Å². The van der Waals surface area contributed by atoms with Crippen LogP contribution >= 0.6 is 11.3 Å². The lowest BCUT2D eigenvalue weighted by atomic mass is 10.2. The van der Waals surface area contributed by atoms with Gasteiger partial charge in [-0.25, -0.2) is 4.98 Å². The third-order valence-corrected chi connectivity index (χ3v) is 5.38. The number of nitrogens with zero attached hydrogens (tertiary/aromatic N) is 2. The van der Waals surface area contributed by atoms with E-state index in [1.807, 2.05) is 36.6 Å². The van der Waals surface area contributed by atoms with Crippen LogP contribution in [0.25, 0.3) is 0 Å². The maximum absolute atomic E-state index is 12.1. The van der Waals surface area contributed by atoms with Gasteiger partial charge in [-0.3, -0.25) is 9.69 Å². The molecule has 7 heteroatoms. The number of hydrogen-bond donors (Lipinski definition) is 1. The van der Waals surface area contributed by atoms with Crippen molar-refractivity contribution in [1.82, 2.24) is 9.88 Å². The molecule has 2 unspecified atom stereocenters. The molecule has 1 aromatic carbocycles. The molecule has 2 aromatic rings. The lowest BCUT2D eigenvalue weighted by molar-refractivity contribution is -0.116. The molecule has 0 saturated carbocycles. The number of para-hydroxylation sites is 1. The minimum absolute atomic E-state index is 0.0251. The summed E-state index contributed by atoms with van der Waals surface area (Å²) < 4.78 is 11.5. The first-order valence-electron chi connectivity index (χ1n) is 9.80. The third kappa shape index (κ3) is 6.29. The Labute approximate surface area is 170 Å². The number of amides is 1. The lowest BCUT2D eigenvalue weighted by Crippen LogP contribution is -2.44. The van der Waals surface area contributed by atoms with Gasteiger partial charge in [-0.05, 0) is 38.8 Å². The van der Waals surface area contributed by atoms with E-state index in [0.717, 1.165) is 36.6 Å². The minimum atomic E-state index is -0.0251. The van der Waals surface area contributed by atoms with Gasteiger partial charge in [-0.2, -0.15) is 0 Å². The van der Waals surface area contributed by atoms with E-state index in [0.29, 0.717) is 24.6 Å². The third-order valence-electron chi connectivity index (χ3n) is 4.58. The quantitative estimate of drug-likeness (QED) is 0.678. The standard InChI is InChI=1S/C21H29N3O3S/c1-15-7-4-5-8-19(15)26-10-6-9-20(25)23-21-22-18(14-28-21)13-24-11-16(2)27-17(3)12-24/h4-5,7-8,14,16-17H,6,9-13H2,1-3H3,(H,22,23,25). The fourth-order valence-electron chi connectivity index (χ4n) is 3.39. The fraction of sp³-hybridized carbons (Fsp3) is 0.524. The molecule has 1 aliphatic rings. The van der Waals surface area contributed by atoms with E-state index in [1.165, 1.54) is 11.3 Å². The molecule has 0 aliphatic carbocycles. The first kappa shape index (κ1) is 20.8. The van der Waals surface area contributed by atoms with Gasteiger partial charge in [-0.1, -0.05) is 18.2 Å². The molecule has 6 nitrogen and oxygen atoms in total. The molecule has 1 amide bonds. The molecule has 0 radical (unpaired) electrons. The van der Waals surface area contributed by atoms with Crippen LogP contribution in [0.15, 0.2) is 29.6 Å². The Morgan fingerprint density at radius 3 is 2.82 bits per heavy atom. The minimum Gasteiger partial charge on any atom is -0.493 e. The molecule has 152 valence electrons. The fourth-order valence-corrected chi connectivity index (χ4v) is 4.11. The summed E-state index contributed by atoms with van der Waals surface area (Å²) in [5.41, 5.74) is 2.09. The second kappa shape index (κ2) is 10.0. The molecule has 1 fully saturated rings. The Morgan fingerprint density at radius 1 is 1.32 bits per heavy atom. The molecular weight excluding hydrogens is 374 g/mol. The smallest absolute Gasteiger partial charge is 0.226 e. The molecule has 3 rings (SSSR count). The predicted molar refractivity (Wildman–Crippen MR) is 112 cm³/mol. The number of nitrogens with one attached hydrogen (secondary N) is 1. The SMILES string of the molecule is Cc1ccccc1OCCCC(=O)Nc1nc(CN2CC(C)OC(C)C2)cs1. The Hall–Kier alpha value is -1.96. The van der Waals surface area contributed by atoms with Crippen LogP contribution in [0.1, 0.15) is 37.9 Å². The predicted octanol–water partition coefficient (Wildman–Crippen LogP) is 3.86. The molecule has 0 spiro atoms. The molecule has 0 bridgehead atoms.